The van der Waals surface area contributed by atoms with E-state index in [2.05, 4.69) is 18.7 Å². The summed E-state index contributed by atoms with van der Waals surface area (Å²) in [6.45, 7) is 5.79. The molecule has 0 spiro atoms. The lowest BCUT2D eigenvalue weighted by Gasteiger charge is -2.23. The van der Waals surface area contributed by atoms with Gasteiger partial charge < -0.3 is 10.0 Å². The van der Waals surface area contributed by atoms with Crippen molar-refractivity contribution in [2.75, 3.05) is 18.0 Å². The molecular weight excluding hydrogens is 250 g/mol. The summed E-state index contributed by atoms with van der Waals surface area (Å²) in [7, 11) is 0. The van der Waals surface area contributed by atoms with Gasteiger partial charge in [0.2, 0.25) is 0 Å². The molecule has 0 unspecified atom stereocenters. The Balaban J connectivity index is 2.48. The van der Waals surface area contributed by atoms with Gasteiger partial charge in [0.05, 0.1) is 5.56 Å². The van der Waals surface area contributed by atoms with E-state index >= 15 is 0 Å². The van der Waals surface area contributed by atoms with E-state index in [0.717, 1.165) is 18.8 Å². The molecule has 0 amide bonds. The SMILES string of the molecule is CCN(CC)c1ccccc1C(=O)c1ccccc1O. The highest BCUT2D eigenvalue weighted by atomic mass is 16.3. The standard InChI is InChI=1S/C17H19NO2/c1-3-18(4-2)15-11-7-5-9-13(15)17(20)14-10-6-8-12-16(14)19/h5-12,19H,3-4H2,1-2H3. The fraction of sp³-hybridized carbons (Fsp3) is 0.235. The molecular formula is C17H19NO2. The van der Waals surface area contributed by atoms with E-state index in [-0.39, 0.29) is 11.5 Å². The average molecular weight is 269 g/mol. The zero-order valence-electron chi connectivity index (χ0n) is 11.8. The zero-order chi connectivity index (χ0) is 14.5. The summed E-state index contributed by atoms with van der Waals surface area (Å²) < 4.78 is 0. The van der Waals surface area contributed by atoms with Crippen molar-refractivity contribution in [2.45, 2.75) is 13.8 Å². The molecule has 0 fully saturated rings. The maximum atomic E-state index is 12.6. The molecule has 0 aliphatic rings. The number of nitrogens with zero attached hydrogens (tertiary/aromatic N) is 1. The number of carbonyl (C=O) groups is 1. The number of hydrogen-bond donors (Lipinski definition) is 1. The maximum Gasteiger partial charge on any atom is 0.198 e. The van der Waals surface area contributed by atoms with Crippen LogP contribution >= 0.6 is 0 Å². The summed E-state index contributed by atoms with van der Waals surface area (Å²) >= 11 is 0. The predicted octanol–water partition coefficient (Wildman–Crippen LogP) is 3.47. The molecule has 104 valence electrons. The Kier molecular flexibility index (Phi) is 4.41. The minimum atomic E-state index is -0.148. The smallest absolute Gasteiger partial charge is 0.198 e. The van der Waals surface area contributed by atoms with Crippen LogP contribution in [0.2, 0.25) is 0 Å². The normalized spacial score (nSPS) is 10.3. The quantitative estimate of drug-likeness (QED) is 0.845. The van der Waals surface area contributed by atoms with E-state index in [1.54, 1.807) is 18.2 Å². The summed E-state index contributed by atoms with van der Waals surface area (Å²) in [4.78, 5) is 14.8. The average Bonchev–Trinajstić information content (AvgIpc) is 2.49. The first-order valence-electron chi connectivity index (χ1n) is 6.85. The molecule has 0 radical (unpaired) electrons. The number of benzene rings is 2. The van der Waals surface area contributed by atoms with Gasteiger partial charge >= 0.3 is 0 Å². The van der Waals surface area contributed by atoms with Gasteiger partial charge in [0.15, 0.2) is 5.78 Å². The molecule has 2 aromatic carbocycles. The van der Waals surface area contributed by atoms with Crippen molar-refractivity contribution in [3.05, 3.63) is 59.7 Å². The summed E-state index contributed by atoms with van der Waals surface area (Å²) in [6.07, 6.45) is 0. The van der Waals surface area contributed by atoms with Gasteiger partial charge in [-0.2, -0.15) is 0 Å². The molecule has 2 rings (SSSR count). The number of para-hydroxylation sites is 2. The number of phenols is 1. The number of rotatable bonds is 5. The van der Waals surface area contributed by atoms with Gasteiger partial charge in [0.1, 0.15) is 5.75 Å². The monoisotopic (exact) mass is 269 g/mol. The molecule has 0 aliphatic carbocycles. The van der Waals surface area contributed by atoms with Crippen LogP contribution in [0.3, 0.4) is 0 Å². The molecule has 0 atom stereocenters. The molecule has 0 heterocycles. The third-order valence-corrected chi connectivity index (χ3v) is 3.40. The van der Waals surface area contributed by atoms with Crippen molar-refractivity contribution in [3.8, 4) is 5.75 Å². The molecule has 0 saturated carbocycles. The lowest BCUT2D eigenvalue weighted by Crippen LogP contribution is -2.24. The maximum absolute atomic E-state index is 12.6. The first kappa shape index (κ1) is 14.1. The van der Waals surface area contributed by atoms with Gasteiger partial charge in [-0.05, 0) is 38.1 Å². The summed E-state index contributed by atoms with van der Waals surface area (Å²) in [5.41, 5.74) is 1.87. The molecule has 0 aliphatic heterocycles. The molecule has 3 nitrogen and oxygen atoms in total. The van der Waals surface area contributed by atoms with E-state index in [4.69, 9.17) is 0 Å². The first-order valence-corrected chi connectivity index (χ1v) is 6.85. The van der Waals surface area contributed by atoms with Crippen molar-refractivity contribution in [1.82, 2.24) is 0 Å². The van der Waals surface area contributed by atoms with Crippen molar-refractivity contribution in [3.63, 3.8) is 0 Å². The Bertz CT molecular complexity index is 603. The van der Waals surface area contributed by atoms with Crippen LogP contribution in [0.15, 0.2) is 48.5 Å². The number of ketones is 1. The molecule has 2 aromatic rings. The van der Waals surface area contributed by atoms with Crippen LogP contribution in [0.4, 0.5) is 5.69 Å². The largest absolute Gasteiger partial charge is 0.507 e. The van der Waals surface area contributed by atoms with Crippen molar-refractivity contribution >= 4 is 11.5 Å². The van der Waals surface area contributed by atoms with Gasteiger partial charge in [0, 0.05) is 24.3 Å². The van der Waals surface area contributed by atoms with Gasteiger partial charge in [-0.3, -0.25) is 4.79 Å². The summed E-state index contributed by atoms with van der Waals surface area (Å²) in [6, 6.07) is 14.2. The van der Waals surface area contributed by atoms with E-state index in [0.29, 0.717) is 11.1 Å². The highest BCUT2D eigenvalue weighted by molar-refractivity contribution is 6.13. The fourth-order valence-electron chi connectivity index (χ4n) is 2.32. The molecule has 1 N–H and O–H groups in total. The molecule has 0 saturated heterocycles. The topological polar surface area (TPSA) is 40.5 Å². The second-order valence-electron chi connectivity index (χ2n) is 4.54. The molecule has 3 heteroatoms. The van der Waals surface area contributed by atoms with Crippen LogP contribution in [-0.2, 0) is 0 Å². The highest BCUT2D eigenvalue weighted by Gasteiger charge is 2.18. The van der Waals surface area contributed by atoms with Crippen LogP contribution in [-0.4, -0.2) is 24.0 Å². The van der Waals surface area contributed by atoms with Gasteiger partial charge in [-0.15, -0.1) is 0 Å². The number of aromatic hydroxyl groups is 1. The predicted molar refractivity (Wildman–Crippen MR) is 81.5 cm³/mol. The second-order valence-corrected chi connectivity index (χ2v) is 4.54. The minimum absolute atomic E-state index is 0.0202. The van der Waals surface area contributed by atoms with Crippen LogP contribution in [0, 0.1) is 0 Å². The van der Waals surface area contributed by atoms with Crippen LogP contribution in [0.5, 0.6) is 5.75 Å². The number of hydrogen-bond acceptors (Lipinski definition) is 3. The molecule has 0 bridgehead atoms. The Labute approximate surface area is 119 Å². The van der Waals surface area contributed by atoms with Crippen LogP contribution < -0.4 is 4.90 Å². The second kappa shape index (κ2) is 6.24. The Hall–Kier alpha value is -2.29. The van der Waals surface area contributed by atoms with Crippen LogP contribution in [0.25, 0.3) is 0 Å². The van der Waals surface area contributed by atoms with Crippen molar-refractivity contribution in [1.29, 1.82) is 0 Å². The van der Waals surface area contributed by atoms with Gasteiger partial charge in [-0.1, -0.05) is 24.3 Å². The Morgan fingerprint density at radius 1 is 0.950 bits per heavy atom. The van der Waals surface area contributed by atoms with Crippen molar-refractivity contribution in [2.24, 2.45) is 0 Å². The van der Waals surface area contributed by atoms with E-state index in [9.17, 15) is 9.90 Å². The van der Waals surface area contributed by atoms with Crippen LogP contribution in [0.1, 0.15) is 29.8 Å². The fourth-order valence-corrected chi connectivity index (χ4v) is 2.32. The van der Waals surface area contributed by atoms with E-state index < -0.39 is 0 Å². The first-order chi connectivity index (χ1) is 9.69. The molecule has 0 aromatic heterocycles. The minimum Gasteiger partial charge on any atom is -0.507 e. The Morgan fingerprint density at radius 3 is 2.10 bits per heavy atom. The number of anilines is 1. The number of phenolic OH excluding ortho intramolecular Hbond substituents is 1. The Morgan fingerprint density at radius 2 is 1.50 bits per heavy atom. The molecule has 20 heavy (non-hydrogen) atoms. The summed E-state index contributed by atoms with van der Waals surface area (Å²) in [5.74, 6) is -0.127. The van der Waals surface area contributed by atoms with E-state index in [1.165, 1.54) is 6.07 Å². The van der Waals surface area contributed by atoms with E-state index in [1.807, 2.05) is 24.3 Å². The van der Waals surface area contributed by atoms with Crippen molar-refractivity contribution < 1.29 is 9.90 Å². The zero-order valence-corrected chi connectivity index (χ0v) is 11.8. The van der Waals surface area contributed by atoms with Gasteiger partial charge in [0.25, 0.3) is 0 Å². The summed E-state index contributed by atoms with van der Waals surface area (Å²) in [5, 5.41) is 9.85. The number of carbonyl (C=O) groups excluding carboxylic acids is 1. The highest BCUT2D eigenvalue weighted by Crippen LogP contribution is 2.26. The lowest BCUT2D eigenvalue weighted by atomic mass is 10.00. The third kappa shape index (κ3) is 2.67. The van der Waals surface area contributed by atoms with Gasteiger partial charge in [-0.25, -0.2) is 0 Å². The lowest BCUT2D eigenvalue weighted by molar-refractivity contribution is 0.103. The third-order valence-electron chi connectivity index (χ3n) is 3.40.